The van der Waals surface area contributed by atoms with Crippen LogP contribution in [0.1, 0.15) is 40.9 Å². The molecule has 1 fully saturated rings. The summed E-state index contributed by atoms with van der Waals surface area (Å²) in [7, 11) is 0. The van der Waals surface area contributed by atoms with Gasteiger partial charge in [0.2, 0.25) is 0 Å². The number of benzene rings is 2. The smallest absolute Gasteiger partial charge is 0.186 e. The van der Waals surface area contributed by atoms with Crippen molar-refractivity contribution >= 4 is 40.0 Å². The lowest BCUT2D eigenvalue weighted by Crippen LogP contribution is -2.11. The second-order valence-electron chi connectivity index (χ2n) is 7.07. The van der Waals surface area contributed by atoms with Gasteiger partial charge in [0.25, 0.3) is 0 Å². The Labute approximate surface area is 195 Å². The molecule has 0 unspecified atom stereocenters. The molecule has 1 atom stereocenters. The van der Waals surface area contributed by atoms with Gasteiger partial charge in [-0.05, 0) is 42.7 Å². The maximum absolute atomic E-state index is 13.0. The van der Waals surface area contributed by atoms with Gasteiger partial charge in [-0.3, -0.25) is 10.2 Å². The number of ketones is 1. The van der Waals surface area contributed by atoms with Crippen LogP contribution >= 0.6 is 23.1 Å². The number of aryl methyl sites for hydroxylation is 1. The average molecular weight is 466 g/mol. The zero-order valence-electron chi connectivity index (χ0n) is 17.8. The Morgan fingerprint density at radius 3 is 2.59 bits per heavy atom. The Kier molecular flexibility index (Phi) is 7.02. The van der Waals surface area contributed by atoms with Gasteiger partial charge in [-0.2, -0.15) is 0 Å². The average Bonchev–Trinajstić information content (AvgIpc) is 3.38. The number of aromatic nitrogens is 2. The Morgan fingerprint density at radius 2 is 1.88 bits per heavy atom. The molecule has 0 aliphatic carbocycles. The topological polar surface area (TPSA) is 85.2 Å². The summed E-state index contributed by atoms with van der Waals surface area (Å²) < 4.78 is 11.7. The molecular weight excluding hydrogens is 442 g/mol. The quantitative estimate of drug-likeness (QED) is 0.443. The van der Waals surface area contributed by atoms with Crippen molar-refractivity contribution < 1.29 is 14.3 Å². The van der Waals surface area contributed by atoms with Gasteiger partial charge >= 0.3 is 0 Å². The summed E-state index contributed by atoms with van der Waals surface area (Å²) in [6.45, 7) is 4.85. The van der Waals surface area contributed by atoms with Crippen molar-refractivity contribution in [3.8, 4) is 11.5 Å². The Bertz CT molecular complexity index is 1160. The van der Waals surface area contributed by atoms with Crippen LogP contribution in [-0.4, -0.2) is 27.6 Å². The summed E-state index contributed by atoms with van der Waals surface area (Å²) in [5.41, 5.74) is 1.89. The molecule has 1 aliphatic heterocycles. The number of thioether (sulfide) groups is 1. The third-order valence-corrected chi connectivity index (χ3v) is 6.95. The predicted octanol–water partition coefficient (Wildman–Crippen LogP) is 5.50. The number of rotatable bonds is 8. The van der Waals surface area contributed by atoms with Gasteiger partial charge < -0.3 is 9.47 Å². The number of carbonyl (C=O) groups excluding carboxylic acids is 1. The number of Topliss-reactive ketones (excluding diaryl/α,β-unsaturated/α-hetero) is 1. The fraction of sp³-hybridized carbons (Fsp3) is 0.250. The standard InChI is InChI=1S/C24H23N3O3S2/c1-3-20-26-27-24(32-20)21-22(28)19(31-23(21)25)13-16-10-11-17(18(12-16)29-4-2)30-14-15-8-6-5-7-9-15/h5-13,21,25H,3-4,14H2,1-2H3/b19-13-,25-23?/t21-/m1/s1. The van der Waals surface area contributed by atoms with Crippen molar-refractivity contribution in [2.75, 3.05) is 6.61 Å². The summed E-state index contributed by atoms with van der Waals surface area (Å²) >= 11 is 2.58. The Hall–Kier alpha value is -2.97. The van der Waals surface area contributed by atoms with Crippen LogP contribution in [0, 0.1) is 5.41 Å². The molecule has 2 aromatic carbocycles. The lowest BCUT2D eigenvalue weighted by atomic mass is 10.1. The highest BCUT2D eigenvalue weighted by Crippen LogP contribution is 2.42. The maximum Gasteiger partial charge on any atom is 0.186 e. The molecule has 164 valence electrons. The highest BCUT2D eigenvalue weighted by Gasteiger charge is 2.39. The van der Waals surface area contributed by atoms with E-state index >= 15 is 0 Å². The first-order chi connectivity index (χ1) is 15.6. The molecule has 0 spiro atoms. The minimum atomic E-state index is -0.649. The van der Waals surface area contributed by atoms with Crippen molar-refractivity contribution in [3.63, 3.8) is 0 Å². The molecule has 0 bridgehead atoms. The van der Waals surface area contributed by atoms with Crippen molar-refractivity contribution in [1.29, 1.82) is 5.41 Å². The number of ether oxygens (including phenoxy) is 2. The normalized spacial score (nSPS) is 17.2. The van der Waals surface area contributed by atoms with E-state index in [1.54, 1.807) is 6.08 Å². The van der Waals surface area contributed by atoms with Crippen LogP contribution in [0.3, 0.4) is 0 Å². The summed E-state index contributed by atoms with van der Waals surface area (Å²) in [5, 5.41) is 18.3. The van der Waals surface area contributed by atoms with E-state index in [1.807, 2.05) is 62.4 Å². The van der Waals surface area contributed by atoms with Gasteiger partial charge in [0.05, 0.1) is 16.6 Å². The van der Waals surface area contributed by atoms with Crippen molar-refractivity contribution in [3.05, 3.63) is 74.6 Å². The maximum atomic E-state index is 13.0. The molecule has 6 nitrogen and oxygen atoms in total. The first kappa shape index (κ1) is 22.2. The summed E-state index contributed by atoms with van der Waals surface area (Å²) in [6.07, 6.45) is 2.56. The number of hydrogen-bond acceptors (Lipinski definition) is 8. The van der Waals surface area contributed by atoms with Crippen molar-refractivity contribution in [2.24, 2.45) is 0 Å². The molecule has 1 N–H and O–H groups in total. The van der Waals surface area contributed by atoms with E-state index in [-0.39, 0.29) is 10.8 Å². The highest BCUT2D eigenvalue weighted by atomic mass is 32.2. The molecule has 3 aromatic rings. The van der Waals surface area contributed by atoms with E-state index < -0.39 is 5.92 Å². The number of nitrogens with one attached hydrogen (secondary N) is 1. The molecule has 0 saturated carbocycles. The fourth-order valence-electron chi connectivity index (χ4n) is 3.23. The number of hydrogen-bond donors (Lipinski definition) is 1. The molecule has 0 amide bonds. The van der Waals surface area contributed by atoms with Gasteiger partial charge in [-0.15, -0.1) is 21.5 Å². The minimum absolute atomic E-state index is 0.110. The fourth-order valence-corrected chi connectivity index (χ4v) is 5.18. The van der Waals surface area contributed by atoms with E-state index in [0.717, 1.165) is 22.6 Å². The monoisotopic (exact) mass is 465 g/mol. The van der Waals surface area contributed by atoms with Crippen LogP contribution < -0.4 is 9.47 Å². The third-order valence-electron chi connectivity index (χ3n) is 4.82. The zero-order chi connectivity index (χ0) is 22.5. The predicted molar refractivity (Wildman–Crippen MR) is 129 cm³/mol. The first-order valence-corrected chi connectivity index (χ1v) is 12.0. The molecule has 4 rings (SSSR count). The third kappa shape index (κ3) is 4.92. The van der Waals surface area contributed by atoms with Crippen LogP contribution in [0.15, 0.2) is 53.4 Å². The van der Waals surface area contributed by atoms with Crippen LogP contribution in [0.4, 0.5) is 0 Å². The minimum Gasteiger partial charge on any atom is -0.490 e. The van der Waals surface area contributed by atoms with Gasteiger partial charge in [-0.25, -0.2) is 0 Å². The Balaban J connectivity index is 1.54. The van der Waals surface area contributed by atoms with E-state index in [2.05, 4.69) is 10.2 Å². The van der Waals surface area contributed by atoms with E-state index in [0.29, 0.717) is 34.6 Å². The molecule has 1 saturated heterocycles. The summed E-state index contributed by atoms with van der Waals surface area (Å²) in [5.74, 6) is 0.511. The second-order valence-corrected chi connectivity index (χ2v) is 9.25. The Morgan fingerprint density at radius 1 is 1.06 bits per heavy atom. The van der Waals surface area contributed by atoms with Gasteiger partial charge in [0.15, 0.2) is 17.3 Å². The second kappa shape index (κ2) is 10.1. The molecule has 32 heavy (non-hydrogen) atoms. The van der Waals surface area contributed by atoms with Crippen LogP contribution in [0.5, 0.6) is 11.5 Å². The first-order valence-electron chi connectivity index (χ1n) is 10.4. The molecule has 1 aromatic heterocycles. The molecule has 1 aliphatic rings. The molecule has 2 heterocycles. The van der Waals surface area contributed by atoms with Crippen LogP contribution in [-0.2, 0) is 17.8 Å². The largest absolute Gasteiger partial charge is 0.490 e. The number of allylic oxidation sites excluding steroid dienone is 1. The summed E-state index contributed by atoms with van der Waals surface area (Å²) in [4.78, 5) is 13.5. The number of carbonyl (C=O) groups is 1. The zero-order valence-corrected chi connectivity index (χ0v) is 19.5. The molecule has 0 radical (unpaired) electrons. The van der Waals surface area contributed by atoms with Gasteiger partial charge in [-0.1, -0.05) is 55.1 Å². The van der Waals surface area contributed by atoms with Crippen LogP contribution in [0.25, 0.3) is 6.08 Å². The van der Waals surface area contributed by atoms with Crippen LogP contribution in [0.2, 0.25) is 0 Å². The van der Waals surface area contributed by atoms with Crippen molar-refractivity contribution in [2.45, 2.75) is 32.8 Å². The molecular formula is C24H23N3O3S2. The SMILES string of the molecule is CCOc1cc(/C=C2\SC(=N)[C@H](c3nnc(CC)s3)C2=O)ccc1OCc1ccccc1. The van der Waals surface area contributed by atoms with Gasteiger partial charge in [0.1, 0.15) is 22.5 Å². The van der Waals surface area contributed by atoms with E-state index in [4.69, 9.17) is 14.9 Å². The highest BCUT2D eigenvalue weighted by molar-refractivity contribution is 8.19. The van der Waals surface area contributed by atoms with E-state index in [1.165, 1.54) is 23.1 Å². The lowest BCUT2D eigenvalue weighted by Gasteiger charge is -2.13. The summed E-state index contributed by atoms with van der Waals surface area (Å²) in [6, 6.07) is 15.5. The lowest BCUT2D eigenvalue weighted by molar-refractivity contribution is -0.114. The van der Waals surface area contributed by atoms with Crippen molar-refractivity contribution in [1.82, 2.24) is 10.2 Å². The van der Waals surface area contributed by atoms with E-state index in [9.17, 15) is 4.79 Å². The van der Waals surface area contributed by atoms with Gasteiger partial charge in [0, 0.05) is 0 Å². The molecule has 8 heteroatoms. The number of nitrogens with zero attached hydrogens (tertiary/aromatic N) is 2.